The highest BCUT2D eigenvalue weighted by molar-refractivity contribution is 5.48. The molecule has 0 spiro atoms. The zero-order valence-electron chi connectivity index (χ0n) is 4.70. The van der Waals surface area contributed by atoms with Crippen LogP contribution in [0.3, 0.4) is 0 Å². The topological polar surface area (TPSA) is 25.3 Å². The molecular formula is C7H4N2. The Morgan fingerprint density at radius 3 is 2.67 bits per heavy atom. The van der Waals surface area contributed by atoms with Crippen molar-refractivity contribution in [3.8, 4) is 0 Å². The fourth-order valence-electron chi connectivity index (χ4n) is 0.874. The third-order valence-electron chi connectivity index (χ3n) is 1.36. The number of para-hydroxylation sites is 1. The van der Waals surface area contributed by atoms with Crippen LogP contribution < -0.4 is 0 Å². The summed E-state index contributed by atoms with van der Waals surface area (Å²) in [7, 11) is 0. The first-order valence-corrected chi connectivity index (χ1v) is 2.72. The lowest BCUT2D eigenvalue weighted by molar-refractivity contribution is -0.438. The van der Waals surface area contributed by atoms with Crippen LogP contribution in [0, 0.1) is 6.54 Å². The molecule has 42 valence electrons. The maximum atomic E-state index is 8.82. The third-order valence-corrected chi connectivity index (χ3v) is 1.36. The molecule has 9 heavy (non-hydrogen) atoms. The standard InChI is InChI=1S/C7H4N2/c8-9-5-6-3-1-2-4-7(6)9/h1-4H. The van der Waals surface area contributed by atoms with Gasteiger partial charge < -0.3 is 5.53 Å². The van der Waals surface area contributed by atoms with E-state index in [0.29, 0.717) is 0 Å². The predicted molar refractivity (Wildman–Crippen MR) is 32.1 cm³/mol. The lowest BCUT2D eigenvalue weighted by atomic mass is 10.1. The summed E-state index contributed by atoms with van der Waals surface area (Å²) in [5, 5.41) is 0. The summed E-state index contributed by atoms with van der Waals surface area (Å²) >= 11 is 0. The molecule has 1 heterocycles. The molecule has 0 unspecified atom stereocenters. The third kappa shape index (κ3) is 0.499. The normalized spacial score (nSPS) is 14.4. The van der Waals surface area contributed by atoms with E-state index in [4.69, 9.17) is 5.53 Å². The molecule has 0 saturated carbocycles. The van der Waals surface area contributed by atoms with Gasteiger partial charge in [-0.25, -0.2) is 0 Å². The molecule has 0 fully saturated rings. The number of benzene rings is 1. The van der Waals surface area contributed by atoms with Gasteiger partial charge in [0.05, 0.1) is 0 Å². The Labute approximate surface area is 53.2 Å². The van der Waals surface area contributed by atoms with Gasteiger partial charge in [-0.15, -0.1) is 0 Å². The monoisotopic (exact) mass is 116 g/mol. The van der Waals surface area contributed by atoms with E-state index in [1.807, 2.05) is 24.3 Å². The lowest BCUT2D eigenvalue weighted by Crippen LogP contribution is -2.10. The molecule has 2 heteroatoms. The Kier molecular flexibility index (Phi) is 0.730. The van der Waals surface area contributed by atoms with E-state index in [2.05, 4.69) is 6.54 Å². The zero-order chi connectivity index (χ0) is 6.27. The number of rotatable bonds is 0. The maximum Gasteiger partial charge on any atom is 0.341 e. The van der Waals surface area contributed by atoms with Gasteiger partial charge in [0.15, 0.2) is 0 Å². The Hall–Kier alpha value is -1.18. The van der Waals surface area contributed by atoms with Crippen LogP contribution in [-0.2, 0) is 0 Å². The fourth-order valence-corrected chi connectivity index (χ4v) is 0.874. The van der Waals surface area contributed by atoms with Gasteiger partial charge in [0.1, 0.15) is 5.56 Å². The molecular weight excluding hydrogens is 112 g/mol. The van der Waals surface area contributed by atoms with Crippen molar-refractivity contribution in [1.82, 2.24) is 0 Å². The van der Waals surface area contributed by atoms with E-state index in [1.54, 1.807) is 0 Å². The van der Waals surface area contributed by atoms with E-state index in [9.17, 15) is 0 Å². The highest BCUT2D eigenvalue weighted by Crippen LogP contribution is 2.30. The predicted octanol–water partition coefficient (Wildman–Crippen LogP) is 1.75. The van der Waals surface area contributed by atoms with Crippen LogP contribution in [0.2, 0.25) is 0 Å². The summed E-state index contributed by atoms with van der Waals surface area (Å²) < 4.78 is 0.995. The van der Waals surface area contributed by atoms with Crippen LogP contribution in [0.5, 0.6) is 0 Å². The van der Waals surface area contributed by atoms with Gasteiger partial charge in [0.25, 0.3) is 0 Å². The molecule has 0 saturated heterocycles. The van der Waals surface area contributed by atoms with Crippen molar-refractivity contribution in [3.05, 3.63) is 41.9 Å². The van der Waals surface area contributed by atoms with E-state index in [0.717, 1.165) is 15.9 Å². The Morgan fingerprint density at radius 1 is 1.33 bits per heavy atom. The maximum absolute atomic E-state index is 8.82. The summed E-state index contributed by atoms with van der Waals surface area (Å²) in [5.74, 6) is 0. The van der Waals surface area contributed by atoms with Crippen LogP contribution in [0.1, 0.15) is 5.56 Å². The van der Waals surface area contributed by atoms with E-state index >= 15 is 0 Å². The van der Waals surface area contributed by atoms with Gasteiger partial charge in [-0.3, -0.25) is 4.70 Å². The van der Waals surface area contributed by atoms with Crippen molar-refractivity contribution in [3.63, 3.8) is 0 Å². The van der Waals surface area contributed by atoms with Gasteiger partial charge in [0, 0.05) is 6.07 Å². The molecule has 1 aromatic carbocycles. The molecule has 0 aromatic heterocycles. The van der Waals surface area contributed by atoms with Crippen LogP contribution in [0.25, 0.3) is 5.53 Å². The highest BCUT2D eigenvalue weighted by atomic mass is 15.2. The molecule has 1 aliphatic heterocycles. The van der Waals surface area contributed by atoms with Crippen molar-refractivity contribution in [1.29, 1.82) is 0 Å². The van der Waals surface area contributed by atoms with Crippen molar-refractivity contribution in [2.45, 2.75) is 0 Å². The first kappa shape index (κ1) is 4.68. The van der Waals surface area contributed by atoms with E-state index < -0.39 is 0 Å². The van der Waals surface area contributed by atoms with Crippen molar-refractivity contribution < 1.29 is 4.70 Å². The van der Waals surface area contributed by atoms with Gasteiger partial charge in [-0.05, 0) is 6.07 Å². The second-order valence-corrected chi connectivity index (χ2v) is 1.94. The van der Waals surface area contributed by atoms with Gasteiger partial charge in [-0.1, -0.05) is 12.1 Å². The molecule has 0 N–H and O–H groups in total. The molecule has 0 amide bonds. The van der Waals surface area contributed by atoms with Crippen LogP contribution >= 0.6 is 0 Å². The van der Waals surface area contributed by atoms with Gasteiger partial charge in [-0.2, -0.15) is 0 Å². The Morgan fingerprint density at radius 2 is 2.11 bits per heavy atom. The summed E-state index contributed by atoms with van der Waals surface area (Å²) in [5.41, 5.74) is 10.6. The minimum Gasteiger partial charge on any atom is -0.499 e. The molecule has 2 rings (SSSR count). The van der Waals surface area contributed by atoms with Crippen molar-refractivity contribution >= 4 is 5.69 Å². The van der Waals surface area contributed by atoms with Gasteiger partial charge >= 0.3 is 6.54 Å². The summed E-state index contributed by atoms with van der Waals surface area (Å²) in [6, 6.07) is 7.54. The van der Waals surface area contributed by atoms with Crippen LogP contribution in [-0.4, -0.2) is 4.70 Å². The zero-order valence-corrected chi connectivity index (χ0v) is 4.70. The molecule has 0 aliphatic carbocycles. The Bertz CT molecular complexity index is 265. The van der Waals surface area contributed by atoms with Gasteiger partial charge in [0.2, 0.25) is 5.69 Å². The molecule has 2 nitrogen and oxygen atoms in total. The number of fused-ring (bicyclic) bond motifs is 1. The smallest absolute Gasteiger partial charge is 0.341 e. The first-order valence-electron chi connectivity index (χ1n) is 2.72. The molecule has 0 bridgehead atoms. The lowest BCUT2D eigenvalue weighted by Gasteiger charge is -2.13. The van der Waals surface area contributed by atoms with Crippen molar-refractivity contribution in [2.75, 3.05) is 0 Å². The summed E-state index contributed by atoms with van der Waals surface area (Å²) in [6.07, 6.45) is 0. The second-order valence-electron chi connectivity index (χ2n) is 1.94. The number of nitrogens with zero attached hydrogens (tertiary/aromatic N) is 2. The fraction of sp³-hybridized carbons (Fsp3) is 0. The molecule has 1 aromatic rings. The van der Waals surface area contributed by atoms with Crippen LogP contribution in [0.15, 0.2) is 24.3 Å². The average Bonchev–Trinajstić information content (AvgIpc) is 1.86. The molecule has 0 atom stereocenters. The van der Waals surface area contributed by atoms with E-state index in [1.165, 1.54) is 0 Å². The second kappa shape index (κ2) is 1.41. The van der Waals surface area contributed by atoms with E-state index in [-0.39, 0.29) is 0 Å². The van der Waals surface area contributed by atoms with Crippen LogP contribution in [0.4, 0.5) is 5.69 Å². The number of hydrogen-bond acceptors (Lipinski definition) is 0. The largest absolute Gasteiger partial charge is 0.499 e. The Balaban J connectivity index is 2.63. The first-order chi connectivity index (χ1) is 4.38. The SMILES string of the molecule is [N-]=[N+]1[C]c2ccccc21. The molecule has 1 aliphatic rings. The quantitative estimate of drug-likeness (QED) is 0.461. The molecule has 2 radical (unpaired) electrons. The number of hydrogen-bond donors (Lipinski definition) is 0. The van der Waals surface area contributed by atoms with Crippen molar-refractivity contribution in [2.24, 2.45) is 0 Å². The average molecular weight is 116 g/mol. The summed E-state index contributed by atoms with van der Waals surface area (Å²) in [4.78, 5) is 0. The minimum atomic E-state index is 0.831. The highest BCUT2D eigenvalue weighted by Gasteiger charge is 2.25. The summed E-state index contributed by atoms with van der Waals surface area (Å²) in [6.45, 7) is 2.68. The minimum absolute atomic E-state index is 0.831.